The van der Waals surface area contributed by atoms with Crippen LogP contribution in [0.1, 0.15) is 25.8 Å². The molecule has 0 atom stereocenters. The van der Waals surface area contributed by atoms with Crippen molar-refractivity contribution in [1.29, 1.82) is 0 Å². The van der Waals surface area contributed by atoms with Crippen LogP contribution in [0.3, 0.4) is 0 Å². The summed E-state index contributed by atoms with van der Waals surface area (Å²) in [5, 5.41) is 8.97. The van der Waals surface area contributed by atoms with Gasteiger partial charge in [0.15, 0.2) is 19.7 Å². The number of rotatable bonds is 5. The van der Waals surface area contributed by atoms with Crippen LogP contribution in [0.2, 0.25) is 0 Å². The van der Waals surface area contributed by atoms with Crippen LogP contribution >= 0.6 is 0 Å². The van der Waals surface area contributed by atoms with E-state index in [2.05, 4.69) is 0 Å². The summed E-state index contributed by atoms with van der Waals surface area (Å²) < 4.78 is 47.7. The number of carboxylic acids is 1. The third-order valence-corrected chi connectivity index (χ3v) is 5.52. The predicted octanol–water partition coefficient (Wildman–Crippen LogP) is 1.25. The molecule has 0 spiro atoms. The molecule has 0 fully saturated rings. The number of sulfone groups is 2. The van der Waals surface area contributed by atoms with Gasteiger partial charge >= 0.3 is 5.97 Å². The molecule has 0 unspecified atom stereocenters. The van der Waals surface area contributed by atoms with Gasteiger partial charge in [-0.15, -0.1) is 0 Å². The molecule has 0 amide bonds. The molecule has 1 aromatic rings. The zero-order valence-electron chi connectivity index (χ0n) is 12.2. The molecule has 0 saturated heterocycles. The molecule has 1 aromatic carbocycles. The Kier molecular flexibility index (Phi) is 4.55. The number of aliphatic carboxylic acids is 1. The van der Waals surface area contributed by atoms with Gasteiger partial charge in [-0.05, 0) is 11.6 Å². The van der Waals surface area contributed by atoms with Crippen molar-refractivity contribution in [3.8, 4) is 0 Å². The number of carbonyl (C=O) groups is 1. The molecule has 0 saturated carbocycles. The first-order valence-corrected chi connectivity index (χ1v) is 9.80. The number of carboxylic acid groups (broad SMARTS) is 1. The third kappa shape index (κ3) is 4.04. The topological polar surface area (TPSA) is 106 Å². The highest BCUT2D eigenvalue weighted by Crippen LogP contribution is 2.35. The summed E-state index contributed by atoms with van der Waals surface area (Å²) in [6, 6.07) is 4.09. The minimum Gasteiger partial charge on any atom is -0.481 e. The fourth-order valence-electron chi connectivity index (χ4n) is 2.20. The molecule has 118 valence electrons. The van der Waals surface area contributed by atoms with E-state index in [1.165, 1.54) is 18.2 Å². The Balaban J connectivity index is 3.82. The maximum Gasteiger partial charge on any atom is 0.304 e. The van der Waals surface area contributed by atoms with Crippen LogP contribution in [-0.2, 0) is 29.9 Å². The molecule has 6 nitrogen and oxygen atoms in total. The maximum atomic E-state index is 12.0. The average molecular weight is 334 g/mol. The summed E-state index contributed by atoms with van der Waals surface area (Å²) >= 11 is 0. The van der Waals surface area contributed by atoms with E-state index < -0.39 is 31.1 Å². The predicted molar refractivity (Wildman–Crippen MR) is 77.9 cm³/mol. The van der Waals surface area contributed by atoms with E-state index in [-0.39, 0.29) is 21.8 Å². The third-order valence-electron chi connectivity index (χ3n) is 3.07. The van der Waals surface area contributed by atoms with Crippen LogP contribution in [0.5, 0.6) is 0 Å². The van der Waals surface area contributed by atoms with E-state index in [9.17, 15) is 21.6 Å². The second-order valence-electron chi connectivity index (χ2n) is 5.63. The Morgan fingerprint density at radius 2 is 1.62 bits per heavy atom. The van der Waals surface area contributed by atoms with Crippen molar-refractivity contribution in [2.24, 2.45) is 0 Å². The summed E-state index contributed by atoms with van der Waals surface area (Å²) in [6.07, 6.45) is 1.52. The molecule has 0 aliphatic rings. The summed E-state index contributed by atoms with van der Waals surface area (Å²) in [7, 11) is -7.59. The zero-order valence-corrected chi connectivity index (χ0v) is 13.9. The van der Waals surface area contributed by atoms with Gasteiger partial charge in [0.05, 0.1) is 16.2 Å². The smallest absolute Gasteiger partial charge is 0.304 e. The lowest BCUT2D eigenvalue weighted by molar-refractivity contribution is -0.138. The summed E-state index contributed by atoms with van der Waals surface area (Å²) in [5.74, 6) is -1.09. The van der Waals surface area contributed by atoms with Gasteiger partial charge in [-0.2, -0.15) is 0 Å². The van der Waals surface area contributed by atoms with E-state index in [0.29, 0.717) is 0 Å². The summed E-state index contributed by atoms with van der Waals surface area (Å²) in [5.41, 5.74) is -0.833. The molecule has 8 heteroatoms. The molecule has 0 aliphatic heterocycles. The highest BCUT2D eigenvalue weighted by Gasteiger charge is 2.33. The van der Waals surface area contributed by atoms with E-state index in [1.807, 2.05) is 0 Å². The minimum atomic E-state index is -3.84. The Morgan fingerprint density at radius 1 is 1.10 bits per heavy atom. The van der Waals surface area contributed by atoms with Crippen molar-refractivity contribution in [3.05, 3.63) is 23.8 Å². The molecule has 0 aliphatic carbocycles. The maximum absolute atomic E-state index is 12.0. The van der Waals surface area contributed by atoms with Gasteiger partial charge in [0, 0.05) is 17.9 Å². The number of benzene rings is 1. The average Bonchev–Trinajstić information content (AvgIpc) is 2.23. The first-order valence-electron chi connectivity index (χ1n) is 6.02. The fourth-order valence-corrected chi connectivity index (χ4v) is 5.05. The lowest BCUT2D eigenvalue weighted by atomic mass is 9.81. The summed E-state index contributed by atoms with van der Waals surface area (Å²) in [6.45, 7) is 3.13. The van der Waals surface area contributed by atoms with Crippen LogP contribution in [0.25, 0.3) is 0 Å². The first kappa shape index (κ1) is 17.6. The largest absolute Gasteiger partial charge is 0.481 e. The van der Waals surface area contributed by atoms with E-state index >= 15 is 0 Å². The van der Waals surface area contributed by atoms with Gasteiger partial charge in [-0.1, -0.05) is 26.0 Å². The Labute approximate surface area is 124 Å². The molecule has 0 bridgehead atoms. The van der Waals surface area contributed by atoms with Crippen molar-refractivity contribution < 1.29 is 26.7 Å². The highest BCUT2D eigenvalue weighted by atomic mass is 32.2. The Morgan fingerprint density at radius 3 is 2.00 bits per heavy atom. The molecular weight excluding hydrogens is 316 g/mol. The molecule has 0 radical (unpaired) electrons. The fraction of sp³-hybridized carbons (Fsp3) is 0.462. The van der Waals surface area contributed by atoms with Crippen LogP contribution in [-0.4, -0.2) is 40.4 Å². The van der Waals surface area contributed by atoms with Gasteiger partial charge in [-0.3, -0.25) is 4.79 Å². The molecule has 1 N–H and O–H groups in total. The molecular formula is C13H18O6S2. The minimum absolute atomic E-state index is 0.190. The van der Waals surface area contributed by atoms with Crippen LogP contribution in [0.4, 0.5) is 0 Å². The summed E-state index contributed by atoms with van der Waals surface area (Å²) in [4.78, 5) is 10.3. The van der Waals surface area contributed by atoms with Gasteiger partial charge in [-0.25, -0.2) is 16.8 Å². The lowest BCUT2D eigenvalue weighted by Gasteiger charge is -2.26. The number of hydrogen-bond acceptors (Lipinski definition) is 5. The van der Waals surface area contributed by atoms with Crippen molar-refractivity contribution in [2.45, 2.75) is 35.5 Å². The standard InChI is InChI=1S/C13H18O6S2/c1-13(2,8-11(14)15)9-6-5-7-10(20(3,16)17)12(9)21(4,18)19/h5-7H,8H2,1-4H3,(H,14,15). The van der Waals surface area contributed by atoms with E-state index in [1.54, 1.807) is 13.8 Å². The number of hydrogen-bond donors (Lipinski definition) is 1. The van der Waals surface area contributed by atoms with Gasteiger partial charge in [0.2, 0.25) is 0 Å². The van der Waals surface area contributed by atoms with Crippen LogP contribution in [0, 0.1) is 0 Å². The van der Waals surface area contributed by atoms with Crippen molar-refractivity contribution >= 4 is 25.6 Å². The van der Waals surface area contributed by atoms with Gasteiger partial charge in [0.1, 0.15) is 0 Å². The van der Waals surface area contributed by atoms with Gasteiger partial charge in [0.25, 0.3) is 0 Å². The van der Waals surface area contributed by atoms with Crippen LogP contribution in [0.15, 0.2) is 28.0 Å². The van der Waals surface area contributed by atoms with E-state index in [4.69, 9.17) is 5.11 Å². The normalized spacial score (nSPS) is 13.1. The Hall–Kier alpha value is -1.41. The molecule has 21 heavy (non-hydrogen) atoms. The quantitative estimate of drug-likeness (QED) is 0.868. The Bertz CT molecular complexity index is 773. The second kappa shape index (κ2) is 5.42. The molecule has 1 rings (SSSR count). The molecule has 0 aromatic heterocycles. The highest BCUT2D eigenvalue weighted by molar-refractivity contribution is 7.93. The second-order valence-corrected chi connectivity index (χ2v) is 9.57. The lowest BCUT2D eigenvalue weighted by Crippen LogP contribution is -2.25. The van der Waals surface area contributed by atoms with Crippen molar-refractivity contribution in [1.82, 2.24) is 0 Å². The van der Waals surface area contributed by atoms with Gasteiger partial charge < -0.3 is 5.11 Å². The van der Waals surface area contributed by atoms with Crippen molar-refractivity contribution in [2.75, 3.05) is 12.5 Å². The molecule has 0 heterocycles. The monoisotopic (exact) mass is 334 g/mol. The zero-order chi connectivity index (χ0) is 16.6. The first-order chi connectivity index (χ1) is 9.27. The van der Waals surface area contributed by atoms with Crippen LogP contribution < -0.4 is 0 Å². The SMILES string of the molecule is CC(C)(CC(=O)O)c1cccc(S(C)(=O)=O)c1S(C)(=O)=O. The van der Waals surface area contributed by atoms with E-state index in [0.717, 1.165) is 12.5 Å². The van der Waals surface area contributed by atoms with Crippen molar-refractivity contribution in [3.63, 3.8) is 0 Å².